The first kappa shape index (κ1) is 41.0. The molecule has 0 radical (unpaired) electrons. The molecule has 2 nitrogen and oxygen atoms in total. The molecular formula is C40H62N2Ni. The van der Waals surface area contributed by atoms with Crippen LogP contribution in [0.3, 0.4) is 0 Å². The van der Waals surface area contributed by atoms with E-state index in [0.717, 1.165) is 73.9 Å². The molecule has 1 aliphatic rings. The Balaban J connectivity index is 0.00000174. The van der Waals surface area contributed by atoms with E-state index in [2.05, 4.69) is 104 Å². The molecule has 0 amide bonds. The van der Waals surface area contributed by atoms with Gasteiger partial charge in [0.2, 0.25) is 11.4 Å². The van der Waals surface area contributed by atoms with Gasteiger partial charge in [-0.15, -0.1) is 0 Å². The number of allylic oxidation sites excluding steroid dienone is 2. The van der Waals surface area contributed by atoms with Crippen LogP contribution in [0.15, 0.2) is 59.7 Å². The molecule has 2 aromatic rings. The molecule has 0 saturated carbocycles. The fraction of sp³-hybridized carbons (Fsp3) is 0.550. The Morgan fingerprint density at radius 3 is 1.30 bits per heavy atom. The van der Waals surface area contributed by atoms with Crippen LogP contribution >= 0.6 is 0 Å². The van der Waals surface area contributed by atoms with E-state index < -0.39 is 0 Å². The minimum absolute atomic E-state index is 0. The van der Waals surface area contributed by atoms with E-state index in [1.165, 1.54) is 78.3 Å². The number of nitrogens with zero attached hydrogens (tertiary/aromatic N) is 2. The summed E-state index contributed by atoms with van der Waals surface area (Å²) < 4.78 is 1.49. The first-order valence-corrected chi connectivity index (χ1v) is 17.2. The summed E-state index contributed by atoms with van der Waals surface area (Å²) in [6.07, 6.45) is 18.6. The molecule has 2 aromatic carbocycles. The Morgan fingerprint density at radius 1 is 0.512 bits per heavy atom. The van der Waals surface area contributed by atoms with Gasteiger partial charge in [0.25, 0.3) is 0 Å². The van der Waals surface area contributed by atoms with Crippen LogP contribution in [0.25, 0.3) is 16.9 Å². The largest absolute Gasteiger partial charge is 2.00 e. The van der Waals surface area contributed by atoms with Crippen LogP contribution in [-0.4, -0.2) is 4.70 Å². The minimum Gasteiger partial charge on any atom is -0.493 e. The number of rotatable bonds is 16. The molecule has 1 aliphatic heterocycles. The van der Waals surface area contributed by atoms with Gasteiger partial charge >= 0.3 is 16.5 Å². The van der Waals surface area contributed by atoms with E-state index in [1.54, 1.807) is 0 Å². The summed E-state index contributed by atoms with van der Waals surface area (Å²) in [6, 6.07) is 17.8. The van der Waals surface area contributed by atoms with Crippen LogP contribution in [0.1, 0.15) is 154 Å². The first-order valence-electron chi connectivity index (χ1n) is 17.2. The predicted octanol–water partition coefficient (Wildman–Crippen LogP) is 13.2. The van der Waals surface area contributed by atoms with E-state index >= 15 is 0 Å². The molecule has 0 N–H and O–H groups in total. The summed E-state index contributed by atoms with van der Waals surface area (Å²) in [5.74, 6) is 0. The Labute approximate surface area is 277 Å². The van der Waals surface area contributed by atoms with Gasteiger partial charge in [-0.05, 0) is 80.3 Å². The smallest absolute Gasteiger partial charge is 0.493 e. The number of aryl methyl sites for hydroxylation is 2. The zero-order valence-corrected chi connectivity index (χ0v) is 29.5. The van der Waals surface area contributed by atoms with Crippen LogP contribution in [0, 0.1) is 13.8 Å². The second-order valence-electron chi connectivity index (χ2n) is 11.4. The third-order valence-corrected chi connectivity index (χ3v) is 7.79. The standard InChI is InChI=1S/C32H44N2.2C4H9.Ni/c1-5-9-12-13-15-26-19-23-28(24-20-26)32-30(16-11-7-3)29(8-4)31(34(32)33)27-21-17-25(18-22-27)14-10-6-2;2*1-3-4-2;/h17-24H,5-16H2,1-4H3;2*1,3-4H2,2H3;/q;2*-1;+2. The van der Waals surface area contributed by atoms with E-state index in [0.29, 0.717) is 0 Å². The van der Waals surface area contributed by atoms with Gasteiger partial charge in [-0.1, -0.05) is 111 Å². The average Bonchev–Trinajstić information content (AvgIpc) is 3.32. The maximum atomic E-state index is 11.5. The molecule has 0 saturated heterocycles. The normalized spacial score (nSPS) is 12.4. The van der Waals surface area contributed by atoms with E-state index in [9.17, 15) is 5.53 Å². The zero-order valence-electron chi connectivity index (χ0n) is 28.6. The Morgan fingerprint density at radius 2 is 0.907 bits per heavy atom. The van der Waals surface area contributed by atoms with Gasteiger partial charge in [0.05, 0.1) is 0 Å². The third-order valence-electron chi connectivity index (χ3n) is 7.79. The van der Waals surface area contributed by atoms with Crippen molar-refractivity contribution < 1.29 is 21.2 Å². The minimum atomic E-state index is 0. The van der Waals surface area contributed by atoms with Gasteiger partial charge in [0.15, 0.2) is 0 Å². The maximum absolute atomic E-state index is 11.5. The Kier molecular flexibility index (Phi) is 24.2. The molecule has 242 valence electrons. The van der Waals surface area contributed by atoms with Crippen molar-refractivity contribution in [3.8, 4) is 0 Å². The van der Waals surface area contributed by atoms with Crippen LogP contribution in [0.2, 0.25) is 0 Å². The third kappa shape index (κ3) is 14.1. The van der Waals surface area contributed by atoms with Crippen molar-refractivity contribution in [2.45, 2.75) is 144 Å². The maximum Gasteiger partial charge on any atom is 2.00 e. The van der Waals surface area contributed by atoms with Crippen molar-refractivity contribution in [1.82, 2.24) is 0 Å². The fourth-order valence-electron chi connectivity index (χ4n) is 5.05. The molecule has 0 aliphatic carbocycles. The number of benzene rings is 2. The van der Waals surface area contributed by atoms with Crippen molar-refractivity contribution >= 4 is 11.4 Å². The summed E-state index contributed by atoms with van der Waals surface area (Å²) in [6.45, 7) is 20.4. The number of hydrogen-bond donors (Lipinski definition) is 0. The second-order valence-corrected chi connectivity index (χ2v) is 11.4. The number of unbranched alkanes of at least 4 members (excludes halogenated alkanes) is 7. The van der Waals surface area contributed by atoms with Crippen LogP contribution < -0.4 is 0 Å². The molecule has 3 heteroatoms. The SMILES string of the molecule is CCCCCCc1ccc(C2=C(CCCC)C(CC)=C(c3ccc(CCCC)cc3)[N+]2=[N-])cc1.[CH2-]CCC.[CH2-]CCC.[Ni+2]. The molecule has 43 heavy (non-hydrogen) atoms. The van der Waals surface area contributed by atoms with Gasteiger partial charge in [-0.25, -0.2) is 4.70 Å². The van der Waals surface area contributed by atoms with Gasteiger partial charge in [0, 0.05) is 22.3 Å². The molecule has 3 rings (SSSR count). The van der Waals surface area contributed by atoms with Crippen molar-refractivity contribution in [3.63, 3.8) is 0 Å². The topological polar surface area (TPSA) is 25.3 Å². The second kappa shape index (κ2) is 25.4. The summed E-state index contributed by atoms with van der Waals surface area (Å²) in [5.41, 5.74) is 21.1. The van der Waals surface area contributed by atoms with Crippen molar-refractivity contribution in [2.24, 2.45) is 0 Å². The van der Waals surface area contributed by atoms with Gasteiger partial charge < -0.3 is 19.4 Å². The van der Waals surface area contributed by atoms with Crippen LogP contribution in [0.4, 0.5) is 0 Å². The summed E-state index contributed by atoms with van der Waals surface area (Å²) >= 11 is 0. The van der Waals surface area contributed by atoms with Gasteiger partial charge in [-0.2, -0.15) is 12.8 Å². The molecule has 1 heterocycles. The molecule has 0 bridgehead atoms. The first-order chi connectivity index (χ1) is 20.5. The Bertz CT molecular complexity index is 1050. The van der Waals surface area contributed by atoms with Gasteiger partial charge in [0.1, 0.15) is 0 Å². The molecule has 0 aromatic heterocycles. The van der Waals surface area contributed by atoms with Crippen molar-refractivity contribution in [3.05, 3.63) is 101 Å². The quantitative estimate of drug-likeness (QED) is 0.0764. The number of hydrogen-bond acceptors (Lipinski definition) is 0. The summed E-state index contributed by atoms with van der Waals surface area (Å²) in [4.78, 5) is 0. The van der Waals surface area contributed by atoms with Crippen molar-refractivity contribution in [2.75, 3.05) is 0 Å². The summed E-state index contributed by atoms with van der Waals surface area (Å²) in [7, 11) is 0. The molecule has 0 fully saturated rings. The average molecular weight is 630 g/mol. The summed E-state index contributed by atoms with van der Waals surface area (Å²) in [5, 5.41) is 0. The molecular weight excluding hydrogens is 567 g/mol. The predicted molar refractivity (Wildman–Crippen MR) is 187 cm³/mol. The van der Waals surface area contributed by atoms with Crippen LogP contribution in [-0.2, 0) is 29.3 Å². The van der Waals surface area contributed by atoms with E-state index in [-0.39, 0.29) is 16.5 Å². The Hall–Kier alpha value is -1.99. The van der Waals surface area contributed by atoms with Gasteiger partial charge in [-0.3, -0.25) is 0 Å². The molecule has 0 unspecified atom stereocenters. The van der Waals surface area contributed by atoms with E-state index in [4.69, 9.17) is 0 Å². The zero-order chi connectivity index (χ0) is 31.2. The van der Waals surface area contributed by atoms with Crippen molar-refractivity contribution in [1.29, 1.82) is 0 Å². The molecule has 0 atom stereocenters. The fourth-order valence-corrected chi connectivity index (χ4v) is 5.05. The van der Waals surface area contributed by atoms with E-state index in [1.807, 2.05) is 0 Å². The van der Waals surface area contributed by atoms with Crippen LogP contribution in [0.5, 0.6) is 0 Å². The molecule has 0 spiro atoms. The monoisotopic (exact) mass is 628 g/mol.